The molecule has 5 heteroatoms. The van der Waals surface area contributed by atoms with Crippen LogP contribution in [0.3, 0.4) is 0 Å². The van der Waals surface area contributed by atoms with Gasteiger partial charge in [0, 0.05) is 24.5 Å². The maximum absolute atomic E-state index is 9.27. The molecule has 2 rings (SSSR count). The summed E-state index contributed by atoms with van der Waals surface area (Å²) in [5.41, 5.74) is 2.78. The Balaban J connectivity index is 2.02. The van der Waals surface area contributed by atoms with Gasteiger partial charge in [-0.15, -0.1) is 0 Å². The molecule has 0 aromatic carbocycles. The summed E-state index contributed by atoms with van der Waals surface area (Å²) in [7, 11) is 0. The van der Waals surface area contributed by atoms with Gasteiger partial charge in [0.1, 0.15) is 6.61 Å². The summed E-state index contributed by atoms with van der Waals surface area (Å²) in [6, 6.07) is 8.04. The fraction of sp³-hybridized carbons (Fsp3) is 0.474. The van der Waals surface area contributed by atoms with Gasteiger partial charge in [-0.2, -0.15) is 0 Å². The Morgan fingerprint density at radius 2 is 2.12 bits per heavy atom. The lowest BCUT2D eigenvalue weighted by molar-refractivity contribution is 0.275. The van der Waals surface area contributed by atoms with Crippen LogP contribution in [0.1, 0.15) is 44.0 Å². The zero-order chi connectivity index (χ0) is 17.2. The van der Waals surface area contributed by atoms with Crippen molar-refractivity contribution in [2.24, 2.45) is 0 Å². The molecule has 0 radical (unpaired) electrons. The molecule has 0 amide bonds. The van der Waals surface area contributed by atoms with Crippen LogP contribution in [0.15, 0.2) is 36.7 Å². The van der Waals surface area contributed by atoms with Crippen LogP contribution in [0.4, 0.5) is 5.69 Å². The van der Waals surface area contributed by atoms with Gasteiger partial charge < -0.3 is 15.2 Å². The van der Waals surface area contributed by atoms with Crippen molar-refractivity contribution in [2.75, 3.05) is 11.9 Å². The molecule has 24 heavy (non-hydrogen) atoms. The minimum absolute atomic E-state index is 0.176. The molecule has 1 atom stereocenters. The normalized spacial score (nSPS) is 12.0. The highest BCUT2D eigenvalue weighted by Crippen LogP contribution is 2.25. The van der Waals surface area contributed by atoms with E-state index >= 15 is 0 Å². The Hall–Kier alpha value is -2.14. The van der Waals surface area contributed by atoms with Crippen molar-refractivity contribution < 1.29 is 9.84 Å². The number of aliphatic hydroxyl groups excluding tert-OH is 1. The number of nitrogens with zero attached hydrogens (tertiary/aromatic N) is 2. The molecule has 130 valence electrons. The van der Waals surface area contributed by atoms with Crippen LogP contribution in [0.25, 0.3) is 0 Å². The number of unbranched alkanes of at least 4 members (excludes halogenated alkanes) is 1. The van der Waals surface area contributed by atoms with Crippen LogP contribution >= 0.6 is 0 Å². The van der Waals surface area contributed by atoms with Crippen molar-refractivity contribution in [3.05, 3.63) is 48.0 Å². The van der Waals surface area contributed by atoms with Crippen molar-refractivity contribution in [3.63, 3.8) is 0 Å². The molecule has 2 heterocycles. The zero-order valence-corrected chi connectivity index (χ0v) is 14.5. The Morgan fingerprint density at radius 3 is 2.88 bits per heavy atom. The van der Waals surface area contributed by atoms with E-state index in [1.54, 1.807) is 12.4 Å². The van der Waals surface area contributed by atoms with E-state index in [0.29, 0.717) is 12.4 Å². The van der Waals surface area contributed by atoms with Gasteiger partial charge in [-0.05, 0) is 38.0 Å². The minimum Gasteiger partial charge on any atom is -0.484 e. The molecule has 0 saturated heterocycles. The first-order valence-corrected chi connectivity index (χ1v) is 8.59. The van der Waals surface area contributed by atoms with E-state index in [2.05, 4.69) is 22.2 Å². The van der Waals surface area contributed by atoms with Crippen molar-refractivity contribution in [3.8, 4) is 5.75 Å². The predicted octanol–water partition coefficient (Wildman–Crippen LogP) is 3.72. The number of pyridine rings is 2. The van der Waals surface area contributed by atoms with Crippen molar-refractivity contribution in [1.29, 1.82) is 0 Å². The van der Waals surface area contributed by atoms with Gasteiger partial charge in [-0.25, -0.2) is 0 Å². The molecular formula is C19H27N3O2. The van der Waals surface area contributed by atoms with Gasteiger partial charge in [0.05, 0.1) is 17.6 Å². The summed E-state index contributed by atoms with van der Waals surface area (Å²) in [6.07, 6.45) is 7.48. The molecule has 1 unspecified atom stereocenters. The van der Waals surface area contributed by atoms with Crippen LogP contribution in [-0.2, 0) is 6.61 Å². The maximum atomic E-state index is 9.27. The maximum Gasteiger partial charge on any atom is 0.161 e. The minimum atomic E-state index is 0.176. The fourth-order valence-corrected chi connectivity index (χ4v) is 2.56. The summed E-state index contributed by atoms with van der Waals surface area (Å²) >= 11 is 0. The lowest BCUT2D eigenvalue weighted by Gasteiger charge is -2.20. The third-order valence-electron chi connectivity index (χ3n) is 3.85. The second-order valence-corrected chi connectivity index (χ2v) is 5.93. The standard InChI is InChI=1S/C19H27N3O2/c1-3-4-7-16(10-12-23)22-18-9-11-20-13-19(18)24-14-17-8-5-6-15(2)21-17/h5-6,8-9,11,13,16,23H,3-4,7,10,12,14H2,1-2H3,(H,20,22). The number of rotatable bonds is 10. The van der Waals surface area contributed by atoms with Gasteiger partial charge in [0.15, 0.2) is 5.75 Å². The van der Waals surface area contributed by atoms with Crippen molar-refractivity contribution in [1.82, 2.24) is 9.97 Å². The van der Waals surface area contributed by atoms with Crippen LogP contribution in [-0.4, -0.2) is 27.7 Å². The average molecular weight is 329 g/mol. The van der Waals surface area contributed by atoms with Crippen molar-refractivity contribution >= 4 is 5.69 Å². The van der Waals surface area contributed by atoms with E-state index < -0.39 is 0 Å². The first-order chi connectivity index (χ1) is 11.7. The lowest BCUT2D eigenvalue weighted by atomic mass is 10.1. The molecular weight excluding hydrogens is 302 g/mol. The predicted molar refractivity (Wildman–Crippen MR) is 96.2 cm³/mol. The number of hydrogen-bond donors (Lipinski definition) is 2. The number of aryl methyl sites for hydroxylation is 1. The van der Waals surface area contributed by atoms with Crippen LogP contribution in [0, 0.1) is 6.92 Å². The second kappa shape index (κ2) is 9.88. The van der Waals surface area contributed by atoms with Gasteiger partial charge in [0.2, 0.25) is 0 Å². The molecule has 0 bridgehead atoms. The largest absolute Gasteiger partial charge is 0.484 e. The summed E-state index contributed by atoms with van der Waals surface area (Å²) < 4.78 is 5.91. The molecule has 0 aliphatic heterocycles. The van der Waals surface area contributed by atoms with Gasteiger partial charge >= 0.3 is 0 Å². The molecule has 0 saturated carbocycles. The topological polar surface area (TPSA) is 67.3 Å². The quantitative estimate of drug-likeness (QED) is 0.695. The number of nitrogens with one attached hydrogen (secondary N) is 1. The SMILES string of the molecule is CCCCC(CCO)Nc1ccncc1OCc1cccc(C)n1. The third kappa shape index (κ3) is 5.81. The van der Waals surface area contributed by atoms with Gasteiger partial charge in [-0.3, -0.25) is 9.97 Å². The van der Waals surface area contributed by atoms with Crippen LogP contribution in [0.2, 0.25) is 0 Å². The number of anilines is 1. The van der Waals surface area contributed by atoms with Crippen molar-refractivity contribution in [2.45, 2.75) is 52.2 Å². The van der Waals surface area contributed by atoms with E-state index in [9.17, 15) is 5.11 Å². The molecule has 2 aromatic rings. The highest BCUT2D eigenvalue weighted by molar-refractivity contribution is 5.55. The monoisotopic (exact) mass is 329 g/mol. The first-order valence-electron chi connectivity index (χ1n) is 8.59. The van der Waals surface area contributed by atoms with E-state index in [1.807, 2.05) is 31.2 Å². The first kappa shape index (κ1) is 18.2. The zero-order valence-electron chi connectivity index (χ0n) is 14.5. The Bertz CT molecular complexity index is 619. The average Bonchev–Trinajstić information content (AvgIpc) is 2.59. The lowest BCUT2D eigenvalue weighted by Crippen LogP contribution is -2.21. The number of aliphatic hydroxyl groups is 1. The molecule has 0 aliphatic carbocycles. The molecule has 0 aliphatic rings. The Morgan fingerprint density at radius 1 is 1.25 bits per heavy atom. The second-order valence-electron chi connectivity index (χ2n) is 5.93. The summed E-state index contributed by atoms with van der Waals surface area (Å²) in [4.78, 5) is 8.61. The summed E-state index contributed by atoms with van der Waals surface area (Å²) in [5, 5.41) is 12.8. The summed E-state index contributed by atoms with van der Waals surface area (Å²) in [6.45, 7) is 4.72. The number of ether oxygens (including phenoxy) is 1. The third-order valence-corrected chi connectivity index (χ3v) is 3.85. The van der Waals surface area contributed by atoms with E-state index in [4.69, 9.17) is 4.74 Å². The van der Waals surface area contributed by atoms with E-state index in [1.165, 1.54) is 0 Å². The molecule has 0 spiro atoms. The number of hydrogen-bond acceptors (Lipinski definition) is 5. The fourth-order valence-electron chi connectivity index (χ4n) is 2.56. The van der Waals surface area contributed by atoms with E-state index in [0.717, 1.165) is 42.8 Å². The van der Waals surface area contributed by atoms with Crippen LogP contribution in [0.5, 0.6) is 5.75 Å². The van der Waals surface area contributed by atoms with Crippen LogP contribution < -0.4 is 10.1 Å². The Labute approximate surface area is 144 Å². The molecule has 2 N–H and O–H groups in total. The van der Waals surface area contributed by atoms with E-state index in [-0.39, 0.29) is 12.6 Å². The highest BCUT2D eigenvalue weighted by atomic mass is 16.5. The summed E-state index contributed by atoms with van der Waals surface area (Å²) in [5.74, 6) is 0.709. The number of aromatic nitrogens is 2. The Kier molecular flexibility index (Phi) is 7.49. The highest BCUT2D eigenvalue weighted by Gasteiger charge is 2.11. The molecule has 5 nitrogen and oxygen atoms in total. The molecule has 2 aromatic heterocycles. The smallest absolute Gasteiger partial charge is 0.161 e. The van der Waals surface area contributed by atoms with Gasteiger partial charge in [0.25, 0.3) is 0 Å². The van der Waals surface area contributed by atoms with Gasteiger partial charge in [-0.1, -0.05) is 25.8 Å². The molecule has 0 fully saturated rings.